The van der Waals surface area contributed by atoms with Crippen molar-refractivity contribution in [3.05, 3.63) is 24.3 Å². The maximum absolute atomic E-state index is 5.86. The maximum Gasteiger partial charge on any atom is 0.119 e. The Balaban J connectivity index is 1.86. The Morgan fingerprint density at radius 1 is 1.32 bits per heavy atom. The molecule has 2 rings (SSSR count). The van der Waals surface area contributed by atoms with Gasteiger partial charge in [-0.05, 0) is 37.2 Å². The van der Waals surface area contributed by atoms with E-state index >= 15 is 0 Å². The summed E-state index contributed by atoms with van der Waals surface area (Å²) in [5.41, 5.74) is 0. The molecule has 1 fully saturated rings. The highest BCUT2D eigenvalue weighted by Crippen LogP contribution is 2.20. The maximum atomic E-state index is 5.86. The highest BCUT2D eigenvalue weighted by molar-refractivity contribution is 5.31. The van der Waals surface area contributed by atoms with Crippen molar-refractivity contribution in [3.8, 4) is 11.5 Å². The molecule has 2 unspecified atom stereocenters. The topological polar surface area (TPSA) is 39.7 Å². The number of likely N-dealkylation sites (N-methyl/N-ethyl adjacent to an activating group) is 1. The number of rotatable bonds is 7. The van der Waals surface area contributed by atoms with Crippen molar-refractivity contribution in [1.82, 2.24) is 5.32 Å². The average molecular weight is 265 g/mol. The van der Waals surface area contributed by atoms with E-state index in [1.54, 1.807) is 7.11 Å². The van der Waals surface area contributed by atoms with Gasteiger partial charge in [-0.1, -0.05) is 6.92 Å². The number of nitrogens with one attached hydrogen (secondary N) is 1. The van der Waals surface area contributed by atoms with E-state index in [4.69, 9.17) is 14.2 Å². The Morgan fingerprint density at radius 2 is 2.05 bits per heavy atom. The molecule has 1 aliphatic heterocycles. The largest absolute Gasteiger partial charge is 0.497 e. The van der Waals surface area contributed by atoms with Gasteiger partial charge in [0.1, 0.15) is 18.1 Å². The zero-order valence-corrected chi connectivity index (χ0v) is 11.7. The third-order valence-corrected chi connectivity index (χ3v) is 3.49. The van der Waals surface area contributed by atoms with Crippen LogP contribution < -0.4 is 14.8 Å². The molecule has 0 aliphatic carbocycles. The van der Waals surface area contributed by atoms with E-state index in [2.05, 4.69) is 12.2 Å². The van der Waals surface area contributed by atoms with Crippen molar-refractivity contribution in [2.75, 3.05) is 33.5 Å². The van der Waals surface area contributed by atoms with E-state index in [9.17, 15) is 0 Å². The first-order chi connectivity index (χ1) is 9.33. The van der Waals surface area contributed by atoms with Crippen LogP contribution in [-0.4, -0.2) is 39.5 Å². The molecule has 19 heavy (non-hydrogen) atoms. The fraction of sp³-hybridized carbons (Fsp3) is 0.600. The smallest absolute Gasteiger partial charge is 0.119 e. The second-order valence-electron chi connectivity index (χ2n) is 4.77. The van der Waals surface area contributed by atoms with Gasteiger partial charge in [0.05, 0.1) is 13.7 Å². The number of hydrogen-bond donors (Lipinski definition) is 1. The minimum atomic E-state index is 0.356. The lowest BCUT2D eigenvalue weighted by atomic mass is 10.00. The van der Waals surface area contributed by atoms with Gasteiger partial charge in [0.2, 0.25) is 0 Å². The van der Waals surface area contributed by atoms with E-state index in [-0.39, 0.29) is 0 Å². The van der Waals surface area contributed by atoms with Crippen LogP contribution in [0.2, 0.25) is 0 Å². The summed E-state index contributed by atoms with van der Waals surface area (Å²) >= 11 is 0. The molecule has 106 valence electrons. The predicted octanol–water partition coefficient (Wildman–Crippen LogP) is 2.09. The van der Waals surface area contributed by atoms with Gasteiger partial charge in [-0.25, -0.2) is 0 Å². The first-order valence-corrected chi connectivity index (χ1v) is 6.91. The molecule has 1 aliphatic rings. The Kier molecular flexibility index (Phi) is 5.48. The fourth-order valence-corrected chi connectivity index (χ4v) is 2.35. The van der Waals surface area contributed by atoms with Crippen LogP contribution in [0, 0.1) is 5.92 Å². The number of benzene rings is 1. The van der Waals surface area contributed by atoms with Gasteiger partial charge in [-0.15, -0.1) is 0 Å². The lowest BCUT2D eigenvalue weighted by Gasteiger charge is -2.23. The fourth-order valence-electron chi connectivity index (χ4n) is 2.35. The Hall–Kier alpha value is -1.26. The molecule has 4 heteroatoms. The lowest BCUT2D eigenvalue weighted by Crippen LogP contribution is -2.41. The Bertz CT molecular complexity index is 360. The van der Waals surface area contributed by atoms with Crippen LogP contribution >= 0.6 is 0 Å². The number of methoxy groups -OCH3 is 1. The normalized spacial score (nSPS) is 20.2. The lowest BCUT2D eigenvalue weighted by molar-refractivity contribution is 0.161. The van der Waals surface area contributed by atoms with Crippen LogP contribution in [0.5, 0.6) is 11.5 Å². The van der Waals surface area contributed by atoms with Crippen molar-refractivity contribution in [3.63, 3.8) is 0 Å². The molecule has 1 N–H and O–H groups in total. The molecule has 1 heterocycles. The summed E-state index contributed by atoms with van der Waals surface area (Å²) in [6, 6.07) is 8.06. The average Bonchev–Trinajstić information content (AvgIpc) is 2.98. The van der Waals surface area contributed by atoms with Crippen molar-refractivity contribution in [1.29, 1.82) is 0 Å². The van der Waals surface area contributed by atoms with Gasteiger partial charge < -0.3 is 19.5 Å². The van der Waals surface area contributed by atoms with Gasteiger partial charge >= 0.3 is 0 Å². The van der Waals surface area contributed by atoms with Crippen molar-refractivity contribution in [2.45, 2.75) is 19.4 Å². The second kappa shape index (κ2) is 7.36. The van der Waals surface area contributed by atoms with E-state index in [0.717, 1.165) is 37.7 Å². The Morgan fingerprint density at radius 3 is 2.63 bits per heavy atom. The first-order valence-electron chi connectivity index (χ1n) is 6.91. The molecule has 1 saturated heterocycles. The monoisotopic (exact) mass is 265 g/mol. The SMILES string of the molecule is CCNC(COc1ccc(OC)cc1)C1CCOC1. The number of hydrogen-bond acceptors (Lipinski definition) is 4. The van der Waals surface area contributed by atoms with Crippen molar-refractivity contribution < 1.29 is 14.2 Å². The zero-order chi connectivity index (χ0) is 13.5. The molecule has 0 spiro atoms. The highest BCUT2D eigenvalue weighted by Gasteiger charge is 2.25. The summed E-state index contributed by atoms with van der Waals surface area (Å²) in [5.74, 6) is 2.28. The van der Waals surface area contributed by atoms with Gasteiger partial charge in [0.25, 0.3) is 0 Å². The first kappa shape index (κ1) is 14.2. The molecule has 0 radical (unpaired) electrons. The van der Waals surface area contributed by atoms with Crippen LogP contribution in [0.15, 0.2) is 24.3 Å². The van der Waals surface area contributed by atoms with Crippen LogP contribution in [-0.2, 0) is 4.74 Å². The van der Waals surface area contributed by atoms with Crippen molar-refractivity contribution >= 4 is 0 Å². The summed E-state index contributed by atoms with van der Waals surface area (Å²) in [4.78, 5) is 0. The van der Waals surface area contributed by atoms with Crippen LogP contribution in [0.25, 0.3) is 0 Å². The highest BCUT2D eigenvalue weighted by atomic mass is 16.5. The zero-order valence-electron chi connectivity index (χ0n) is 11.7. The number of ether oxygens (including phenoxy) is 3. The molecule has 0 bridgehead atoms. The Labute approximate surface area is 115 Å². The molecule has 4 nitrogen and oxygen atoms in total. The predicted molar refractivity (Wildman–Crippen MR) is 74.9 cm³/mol. The van der Waals surface area contributed by atoms with Crippen LogP contribution in [0.4, 0.5) is 0 Å². The summed E-state index contributed by atoms with van der Waals surface area (Å²) in [7, 11) is 1.66. The minimum Gasteiger partial charge on any atom is -0.497 e. The molecule has 2 atom stereocenters. The second-order valence-corrected chi connectivity index (χ2v) is 4.77. The quantitative estimate of drug-likeness (QED) is 0.819. The molecular weight excluding hydrogens is 242 g/mol. The third-order valence-electron chi connectivity index (χ3n) is 3.49. The van der Waals surface area contributed by atoms with Gasteiger partial charge in [-0.3, -0.25) is 0 Å². The van der Waals surface area contributed by atoms with E-state index in [1.165, 1.54) is 0 Å². The molecule has 0 saturated carbocycles. The summed E-state index contributed by atoms with van der Waals surface area (Å²) < 4.78 is 16.4. The standard InChI is InChI=1S/C15H23NO3/c1-3-16-15(12-8-9-18-10-12)11-19-14-6-4-13(17-2)5-7-14/h4-7,12,15-16H,3,8-11H2,1-2H3. The summed E-state index contributed by atoms with van der Waals surface area (Å²) in [5, 5.41) is 3.49. The molecule has 1 aromatic rings. The van der Waals surface area contributed by atoms with Crippen molar-refractivity contribution in [2.24, 2.45) is 5.92 Å². The van der Waals surface area contributed by atoms with Crippen LogP contribution in [0.3, 0.4) is 0 Å². The third kappa shape index (κ3) is 4.11. The van der Waals surface area contributed by atoms with Crippen LogP contribution in [0.1, 0.15) is 13.3 Å². The van der Waals surface area contributed by atoms with E-state index < -0.39 is 0 Å². The molecule has 0 aromatic heterocycles. The molecule has 0 amide bonds. The van der Waals surface area contributed by atoms with E-state index in [1.807, 2.05) is 24.3 Å². The van der Waals surface area contributed by atoms with Gasteiger partial charge in [-0.2, -0.15) is 0 Å². The molecule has 1 aromatic carbocycles. The van der Waals surface area contributed by atoms with Gasteiger partial charge in [0.15, 0.2) is 0 Å². The minimum absolute atomic E-state index is 0.356. The summed E-state index contributed by atoms with van der Waals surface area (Å²) in [6.07, 6.45) is 1.11. The summed E-state index contributed by atoms with van der Waals surface area (Å²) in [6.45, 7) is 5.45. The van der Waals surface area contributed by atoms with Gasteiger partial charge in [0, 0.05) is 18.6 Å². The molecular formula is C15H23NO3. The van der Waals surface area contributed by atoms with E-state index in [0.29, 0.717) is 18.6 Å².